The lowest BCUT2D eigenvalue weighted by molar-refractivity contribution is -0.114. The van der Waals surface area contributed by atoms with Crippen molar-refractivity contribution in [3.05, 3.63) is 92.2 Å². The van der Waals surface area contributed by atoms with Gasteiger partial charge in [0.25, 0.3) is 5.91 Å². The summed E-state index contributed by atoms with van der Waals surface area (Å²) in [5.74, 6) is -12.7. The van der Waals surface area contributed by atoms with E-state index in [1.54, 1.807) is 25.1 Å². The fourth-order valence-electron chi connectivity index (χ4n) is 3.76. The van der Waals surface area contributed by atoms with Crippen molar-refractivity contribution in [3.8, 4) is 11.5 Å². The number of anilines is 1. The summed E-state index contributed by atoms with van der Waals surface area (Å²) in [4.78, 5) is 24.0. The normalized spacial score (nSPS) is 14.1. The van der Waals surface area contributed by atoms with E-state index in [-0.39, 0.29) is 40.8 Å². The molecule has 1 aliphatic rings. The van der Waals surface area contributed by atoms with Crippen LogP contribution < -0.4 is 14.5 Å². The molecule has 0 aliphatic carbocycles. The molecule has 40 heavy (non-hydrogen) atoms. The Labute approximate surface area is 232 Å². The molecule has 0 saturated carbocycles. The summed E-state index contributed by atoms with van der Waals surface area (Å²) in [5.41, 5.74) is -0.511. The monoisotopic (exact) mass is 624 g/mol. The van der Waals surface area contributed by atoms with Gasteiger partial charge in [0.1, 0.15) is 12.3 Å². The molecule has 3 aromatic carbocycles. The Hall–Kier alpha value is -4.26. The molecular weight excluding hydrogens is 607 g/mol. The molecule has 0 atom stereocenters. The van der Waals surface area contributed by atoms with E-state index in [1.807, 2.05) is 0 Å². The Bertz CT molecular complexity index is 1560. The minimum atomic E-state index is -2.35. The van der Waals surface area contributed by atoms with Crippen LogP contribution in [0.1, 0.15) is 35.3 Å². The molecule has 0 radical (unpaired) electrons. The van der Waals surface area contributed by atoms with E-state index in [9.17, 15) is 31.5 Å². The number of benzene rings is 3. The van der Waals surface area contributed by atoms with Crippen molar-refractivity contribution >= 4 is 45.3 Å². The maximum Gasteiger partial charge on any atom is 0.335 e. The SMILES string of the molecule is CCOc1cc(/C=C2/C(=O)N(c3c(F)c(F)c(F)c(F)c3F)N=C2C)cc(Br)c1OCc1ccc(C(=O)O)cc1. The lowest BCUT2D eigenvalue weighted by Crippen LogP contribution is -2.25. The fraction of sp³-hybridized carbons (Fsp3) is 0.148. The third kappa shape index (κ3) is 5.41. The summed E-state index contributed by atoms with van der Waals surface area (Å²) >= 11 is 3.39. The average Bonchev–Trinajstić information content (AvgIpc) is 3.19. The van der Waals surface area contributed by atoms with Gasteiger partial charge in [-0.05, 0) is 71.2 Å². The summed E-state index contributed by atoms with van der Waals surface area (Å²) in [6.45, 7) is 3.37. The molecule has 1 aliphatic heterocycles. The molecule has 3 aromatic rings. The van der Waals surface area contributed by atoms with Gasteiger partial charge in [-0.3, -0.25) is 4.79 Å². The van der Waals surface area contributed by atoms with Crippen molar-refractivity contribution in [1.29, 1.82) is 0 Å². The van der Waals surface area contributed by atoms with E-state index in [2.05, 4.69) is 21.0 Å². The predicted octanol–water partition coefficient (Wildman–Crippen LogP) is 6.63. The second kappa shape index (κ2) is 11.5. The van der Waals surface area contributed by atoms with Crippen LogP contribution in [0, 0.1) is 29.1 Å². The zero-order chi connectivity index (χ0) is 29.3. The average molecular weight is 625 g/mol. The highest BCUT2D eigenvalue weighted by atomic mass is 79.9. The van der Waals surface area contributed by atoms with Gasteiger partial charge >= 0.3 is 5.97 Å². The van der Waals surface area contributed by atoms with Gasteiger partial charge in [0.05, 0.1) is 27.9 Å². The van der Waals surface area contributed by atoms with Gasteiger partial charge in [-0.25, -0.2) is 26.7 Å². The first-order valence-electron chi connectivity index (χ1n) is 11.5. The lowest BCUT2D eigenvalue weighted by atomic mass is 10.1. The van der Waals surface area contributed by atoms with Crippen molar-refractivity contribution in [2.75, 3.05) is 11.6 Å². The summed E-state index contributed by atoms with van der Waals surface area (Å²) < 4.78 is 81.5. The van der Waals surface area contributed by atoms with Crippen molar-refractivity contribution in [3.63, 3.8) is 0 Å². The minimum absolute atomic E-state index is 0.0341. The molecule has 0 aromatic heterocycles. The first-order valence-corrected chi connectivity index (χ1v) is 12.3. The highest BCUT2D eigenvalue weighted by Crippen LogP contribution is 2.39. The number of carboxylic acids is 1. The zero-order valence-electron chi connectivity index (χ0n) is 20.7. The number of rotatable bonds is 8. The first kappa shape index (κ1) is 28.7. The van der Waals surface area contributed by atoms with Crippen LogP contribution >= 0.6 is 15.9 Å². The number of carboxylic acid groups (broad SMARTS) is 1. The molecule has 0 unspecified atom stereocenters. The third-order valence-electron chi connectivity index (χ3n) is 5.69. The van der Waals surface area contributed by atoms with Gasteiger partial charge in [-0.1, -0.05) is 12.1 Å². The number of halogens is 6. The maximum absolute atomic E-state index is 14.3. The Morgan fingerprint density at radius 1 is 1.00 bits per heavy atom. The number of hydrogen-bond acceptors (Lipinski definition) is 5. The molecule has 1 N–H and O–H groups in total. The largest absolute Gasteiger partial charge is 0.490 e. The molecular formula is C27H18BrF5N2O5. The number of amides is 1. The lowest BCUT2D eigenvalue weighted by Gasteiger charge is -2.16. The van der Waals surface area contributed by atoms with E-state index >= 15 is 0 Å². The predicted molar refractivity (Wildman–Crippen MR) is 138 cm³/mol. The molecule has 0 saturated heterocycles. The zero-order valence-corrected chi connectivity index (χ0v) is 22.3. The first-order chi connectivity index (χ1) is 18.9. The van der Waals surface area contributed by atoms with Crippen LogP contribution in [0.25, 0.3) is 6.08 Å². The quantitative estimate of drug-likeness (QED) is 0.132. The number of hydrogen-bond donors (Lipinski definition) is 1. The molecule has 0 spiro atoms. The second-order valence-electron chi connectivity index (χ2n) is 8.33. The third-order valence-corrected chi connectivity index (χ3v) is 6.28. The van der Waals surface area contributed by atoms with E-state index in [4.69, 9.17) is 14.6 Å². The van der Waals surface area contributed by atoms with E-state index < -0.39 is 46.6 Å². The standard InChI is InChI=1S/C27H18BrF5N2O5/c1-3-39-18-10-14(9-17(28)25(18)40-11-13-4-6-15(7-5-13)27(37)38)8-16-12(2)34-35(26(16)36)24-22(32)20(30)19(29)21(31)23(24)33/h4-10H,3,11H2,1-2H3,(H,37,38)/b16-8+. The second-order valence-corrected chi connectivity index (χ2v) is 9.19. The van der Waals surface area contributed by atoms with Gasteiger partial charge in [0.2, 0.25) is 5.82 Å². The van der Waals surface area contributed by atoms with Gasteiger partial charge in [0.15, 0.2) is 34.8 Å². The minimum Gasteiger partial charge on any atom is -0.490 e. The molecule has 0 bridgehead atoms. The maximum atomic E-state index is 14.3. The number of nitrogens with zero attached hydrogens (tertiary/aromatic N) is 2. The molecule has 1 amide bonds. The summed E-state index contributed by atoms with van der Waals surface area (Å²) in [6, 6.07) is 9.15. The highest BCUT2D eigenvalue weighted by molar-refractivity contribution is 9.10. The molecule has 13 heteroatoms. The summed E-state index contributed by atoms with van der Waals surface area (Å²) in [7, 11) is 0. The Kier molecular flexibility index (Phi) is 8.24. The molecule has 1 heterocycles. The smallest absolute Gasteiger partial charge is 0.335 e. The van der Waals surface area contributed by atoms with Crippen LogP contribution in [0.3, 0.4) is 0 Å². The number of hydrazone groups is 1. The Balaban J connectivity index is 1.64. The molecule has 0 fully saturated rings. The van der Waals surface area contributed by atoms with Crippen molar-refractivity contribution in [1.82, 2.24) is 0 Å². The molecule has 208 valence electrons. The van der Waals surface area contributed by atoms with Crippen LogP contribution in [0.2, 0.25) is 0 Å². The van der Waals surface area contributed by atoms with Crippen LogP contribution in [0.5, 0.6) is 11.5 Å². The van der Waals surface area contributed by atoms with Crippen molar-refractivity contribution in [2.24, 2.45) is 5.10 Å². The van der Waals surface area contributed by atoms with Gasteiger partial charge < -0.3 is 14.6 Å². The fourth-order valence-corrected chi connectivity index (χ4v) is 4.33. The number of ether oxygens (including phenoxy) is 2. The van der Waals surface area contributed by atoms with Crippen molar-refractivity contribution in [2.45, 2.75) is 20.5 Å². The van der Waals surface area contributed by atoms with Gasteiger partial charge in [-0.15, -0.1) is 0 Å². The molecule has 7 nitrogen and oxygen atoms in total. The Morgan fingerprint density at radius 3 is 2.17 bits per heavy atom. The van der Waals surface area contributed by atoms with Crippen molar-refractivity contribution < 1.29 is 46.1 Å². The summed E-state index contributed by atoms with van der Waals surface area (Å²) in [6.07, 6.45) is 1.31. The van der Waals surface area contributed by atoms with Crippen LogP contribution in [-0.4, -0.2) is 29.3 Å². The van der Waals surface area contributed by atoms with Gasteiger partial charge in [0, 0.05) is 0 Å². The number of aromatic carboxylic acids is 1. The van der Waals surface area contributed by atoms with E-state index in [0.29, 0.717) is 21.3 Å². The van der Waals surface area contributed by atoms with Crippen LogP contribution in [0.15, 0.2) is 51.5 Å². The van der Waals surface area contributed by atoms with Gasteiger partial charge in [-0.2, -0.15) is 10.1 Å². The number of carbonyl (C=O) groups is 2. The van der Waals surface area contributed by atoms with E-state index in [1.165, 1.54) is 31.2 Å². The van der Waals surface area contributed by atoms with Crippen LogP contribution in [-0.2, 0) is 11.4 Å². The summed E-state index contributed by atoms with van der Waals surface area (Å²) in [5, 5.41) is 12.9. The van der Waals surface area contributed by atoms with Crippen LogP contribution in [0.4, 0.5) is 27.6 Å². The topological polar surface area (TPSA) is 88.4 Å². The number of carbonyl (C=O) groups excluding carboxylic acids is 1. The van der Waals surface area contributed by atoms with E-state index in [0.717, 1.165) is 0 Å². The highest BCUT2D eigenvalue weighted by Gasteiger charge is 2.37. The Morgan fingerprint density at radius 2 is 1.60 bits per heavy atom. The molecule has 4 rings (SSSR count).